The lowest BCUT2D eigenvalue weighted by Gasteiger charge is -2.02. The summed E-state index contributed by atoms with van der Waals surface area (Å²) in [5.74, 6) is -0.954. The second kappa shape index (κ2) is 5.06. The normalized spacial score (nSPS) is 10.2. The average Bonchev–Trinajstić information content (AvgIpc) is 2.29. The van der Waals surface area contributed by atoms with Crippen LogP contribution in [0, 0.1) is 5.82 Å². The first-order valence-electron chi connectivity index (χ1n) is 5.05. The Morgan fingerprint density at radius 1 is 1.29 bits per heavy atom. The quantitative estimate of drug-likeness (QED) is 0.782. The molecule has 86 valence electrons. The number of nitrogens with zero attached hydrogens (tertiary/aromatic N) is 1. The molecule has 0 aliphatic heterocycles. The van der Waals surface area contributed by atoms with Crippen LogP contribution in [-0.4, -0.2) is 10.8 Å². The van der Waals surface area contributed by atoms with Crippen molar-refractivity contribution in [2.24, 2.45) is 0 Å². The summed E-state index contributed by atoms with van der Waals surface area (Å²) < 4.78 is 13.3. The van der Waals surface area contributed by atoms with Crippen molar-refractivity contribution < 1.29 is 9.18 Å². The third-order valence-corrected chi connectivity index (χ3v) is 2.51. The van der Waals surface area contributed by atoms with Crippen molar-refractivity contribution in [2.75, 3.05) is 0 Å². The van der Waals surface area contributed by atoms with Crippen molar-refractivity contribution in [3.63, 3.8) is 0 Å². The monoisotopic (exact) mass is 249 g/mol. The molecule has 2 rings (SSSR count). The highest BCUT2D eigenvalue weighted by Gasteiger charge is 2.13. The molecule has 17 heavy (non-hydrogen) atoms. The fraction of sp³-hybridized carbons (Fsp3) is 0.0769. The SMILES string of the molecule is O=C(Cc1cccc(Cl)c1)c1ncccc1F. The molecule has 1 heterocycles. The molecule has 0 aliphatic carbocycles. The first kappa shape index (κ1) is 11.7. The van der Waals surface area contributed by atoms with E-state index >= 15 is 0 Å². The molecule has 2 nitrogen and oxygen atoms in total. The fourth-order valence-corrected chi connectivity index (χ4v) is 1.72. The van der Waals surface area contributed by atoms with Gasteiger partial charge in [-0.25, -0.2) is 4.39 Å². The van der Waals surface area contributed by atoms with Crippen molar-refractivity contribution in [1.82, 2.24) is 4.98 Å². The van der Waals surface area contributed by atoms with Crippen LogP contribution in [0.25, 0.3) is 0 Å². The van der Waals surface area contributed by atoms with Crippen LogP contribution in [0.3, 0.4) is 0 Å². The molecular weight excluding hydrogens is 241 g/mol. The Kier molecular flexibility index (Phi) is 3.49. The maximum Gasteiger partial charge on any atom is 0.188 e. The predicted molar refractivity (Wildman–Crippen MR) is 63.7 cm³/mol. The number of pyridine rings is 1. The van der Waals surface area contributed by atoms with Crippen molar-refractivity contribution in [3.05, 3.63) is 64.7 Å². The van der Waals surface area contributed by atoms with Crippen LogP contribution < -0.4 is 0 Å². The molecule has 0 spiro atoms. The van der Waals surface area contributed by atoms with E-state index in [0.717, 1.165) is 5.56 Å². The van der Waals surface area contributed by atoms with Crippen molar-refractivity contribution in [1.29, 1.82) is 0 Å². The smallest absolute Gasteiger partial charge is 0.188 e. The number of aromatic nitrogens is 1. The zero-order valence-corrected chi connectivity index (χ0v) is 9.62. The molecule has 0 atom stereocenters. The minimum absolute atomic E-state index is 0.0918. The molecule has 0 saturated carbocycles. The summed E-state index contributed by atoms with van der Waals surface area (Å²) >= 11 is 5.80. The number of Topliss-reactive ketones (excluding diaryl/α,β-unsaturated/α-hetero) is 1. The molecule has 0 fully saturated rings. The van der Waals surface area contributed by atoms with Gasteiger partial charge in [-0.05, 0) is 29.8 Å². The Balaban J connectivity index is 2.20. The van der Waals surface area contributed by atoms with Gasteiger partial charge in [0.1, 0.15) is 5.69 Å². The molecule has 4 heteroatoms. The Bertz CT molecular complexity index is 557. The Labute approximate surface area is 103 Å². The minimum atomic E-state index is -0.598. The summed E-state index contributed by atoms with van der Waals surface area (Å²) in [6.45, 7) is 0. The van der Waals surface area contributed by atoms with E-state index in [-0.39, 0.29) is 17.9 Å². The average molecular weight is 250 g/mol. The van der Waals surface area contributed by atoms with Crippen molar-refractivity contribution >= 4 is 17.4 Å². The van der Waals surface area contributed by atoms with Gasteiger partial charge in [0.2, 0.25) is 0 Å². The summed E-state index contributed by atoms with van der Waals surface area (Å²) in [5, 5.41) is 0.553. The van der Waals surface area contributed by atoms with Crippen LogP contribution in [0.4, 0.5) is 4.39 Å². The third-order valence-electron chi connectivity index (χ3n) is 2.28. The highest BCUT2D eigenvalue weighted by atomic mass is 35.5. The van der Waals surface area contributed by atoms with E-state index < -0.39 is 5.82 Å². The summed E-state index contributed by atoms with van der Waals surface area (Å²) in [7, 11) is 0. The van der Waals surface area contributed by atoms with Gasteiger partial charge in [-0.15, -0.1) is 0 Å². The molecule has 0 aliphatic rings. The van der Waals surface area contributed by atoms with E-state index in [1.54, 1.807) is 24.3 Å². The maximum atomic E-state index is 13.3. The number of carbonyl (C=O) groups excluding carboxylic acids is 1. The summed E-state index contributed by atoms with van der Waals surface area (Å²) in [6, 6.07) is 9.59. The number of carbonyl (C=O) groups is 1. The number of rotatable bonds is 3. The zero-order valence-electron chi connectivity index (χ0n) is 8.86. The van der Waals surface area contributed by atoms with E-state index in [9.17, 15) is 9.18 Å². The van der Waals surface area contributed by atoms with Crippen LogP contribution in [-0.2, 0) is 6.42 Å². The molecule has 0 bridgehead atoms. The third kappa shape index (κ3) is 2.88. The minimum Gasteiger partial charge on any atom is -0.292 e. The van der Waals surface area contributed by atoms with Crippen LogP contribution in [0.2, 0.25) is 5.02 Å². The Morgan fingerprint density at radius 3 is 2.82 bits per heavy atom. The van der Waals surface area contributed by atoms with Crippen molar-refractivity contribution in [3.8, 4) is 0 Å². The first-order chi connectivity index (χ1) is 8.16. The summed E-state index contributed by atoms with van der Waals surface area (Å²) in [6.07, 6.45) is 1.49. The van der Waals surface area contributed by atoms with Gasteiger partial charge in [0.15, 0.2) is 11.6 Å². The topological polar surface area (TPSA) is 30.0 Å². The van der Waals surface area contributed by atoms with Gasteiger partial charge in [-0.2, -0.15) is 0 Å². The number of halogens is 2. The zero-order chi connectivity index (χ0) is 12.3. The summed E-state index contributed by atoms with van der Waals surface area (Å²) in [5.41, 5.74) is 0.611. The van der Waals surface area contributed by atoms with Gasteiger partial charge in [-0.3, -0.25) is 9.78 Å². The van der Waals surface area contributed by atoms with Gasteiger partial charge < -0.3 is 0 Å². The summed E-state index contributed by atoms with van der Waals surface area (Å²) in [4.78, 5) is 15.5. The Morgan fingerprint density at radius 2 is 2.12 bits per heavy atom. The lowest BCUT2D eigenvalue weighted by molar-refractivity contribution is 0.0984. The highest BCUT2D eigenvalue weighted by Crippen LogP contribution is 2.13. The van der Waals surface area contributed by atoms with Crippen LogP contribution in [0.15, 0.2) is 42.6 Å². The van der Waals surface area contributed by atoms with Crippen LogP contribution >= 0.6 is 11.6 Å². The van der Waals surface area contributed by atoms with Gasteiger partial charge in [0, 0.05) is 17.6 Å². The maximum absolute atomic E-state index is 13.3. The molecule has 0 unspecified atom stereocenters. The van der Waals surface area contributed by atoms with Gasteiger partial charge in [0.25, 0.3) is 0 Å². The standard InChI is InChI=1S/C13H9ClFNO/c14-10-4-1-3-9(7-10)8-12(17)13-11(15)5-2-6-16-13/h1-7H,8H2. The van der Waals surface area contributed by atoms with E-state index in [4.69, 9.17) is 11.6 Å². The number of hydrogen-bond donors (Lipinski definition) is 0. The Hall–Kier alpha value is -1.74. The molecule has 0 radical (unpaired) electrons. The van der Waals surface area contributed by atoms with Crippen LogP contribution in [0.1, 0.15) is 16.1 Å². The first-order valence-corrected chi connectivity index (χ1v) is 5.43. The van der Waals surface area contributed by atoms with Gasteiger partial charge in [-0.1, -0.05) is 23.7 Å². The largest absolute Gasteiger partial charge is 0.292 e. The van der Waals surface area contributed by atoms with Crippen molar-refractivity contribution in [2.45, 2.75) is 6.42 Å². The lowest BCUT2D eigenvalue weighted by Crippen LogP contribution is -2.08. The molecule has 0 saturated heterocycles. The van der Waals surface area contributed by atoms with E-state index in [1.165, 1.54) is 18.3 Å². The van der Waals surface area contributed by atoms with Gasteiger partial charge in [0.05, 0.1) is 0 Å². The molecule has 0 N–H and O–H groups in total. The number of hydrogen-bond acceptors (Lipinski definition) is 2. The second-order valence-corrected chi connectivity index (χ2v) is 4.00. The fourth-order valence-electron chi connectivity index (χ4n) is 1.51. The molecule has 0 amide bonds. The predicted octanol–water partition coefficient (Wildman–Crippen LogP) is 3.30. The lowest BCUT2D eigenvalue weighted by atomic mass is 10.1. The number of ketones is 1. The van der Waals surface area contributed by atoms with Crippen LogP contribution in [0.5, 0.6) is 0 Å². The highest BCUT2D eigenvalue weighted by molar-refractivity contribution is 6.30. The van der Waals surface area contributed by atoms with E-state index in [1.807, 2.05) is 0 Å². The molecule has 1 aromatic carbocycles. The van der Waals surface area contributed by atoms with E-state index in [0.29, 0.717) is 5.02 Å². The van der Waals surface area contributed by atoms with E-state index in [2.05, 4.69) is 4.98 Å². The van der Waals surface area contributed by atoms with Gasteiger partial charge >= 0.3 is 0 Å². The molecule has 2 aromatic rings. The second-order valence-electron chi connectivity index (χ2n) is 3.56. The molecule has 1 aromatic heterocycles. The molecular formula is C13H9ClFNO. The number of benzene rings is 1.